The number of aryl methyl sites for hydroxylation is 2. The van der Waals surface area contributed by atoms with Crippen LogP contribution >= 0.6 is 11.3 Å². The van der Waals surface area contributed by atoms with Crippen LogP contribution in [0.4, 0.5) is 0 Å². The van der Waals surface area contributed by atoms with Crippen molar-refractivity contribution in [2.45, 2.75) is 50.9 Å². The third-order valence-corrected chi connectivity index (χ3v) is 10.4. The Balaban J connectivity index is 1.43. The van der Waals surface area contributed by atoms with E-state index >= 15 is 0 Å². The largest absolute Gasteiger partial charge is 0.454 e. The van der Waals surface area contributed by atoms with E-state index in [-0.39, 0.29) is 0 Å². The molecule has 4 bridgehead atoms. The van der Waals surface area contributed by atoms with Crippen LogP contribution in [-0.2, 0) is 12.5 Å². The minimum Gasteiger partial charge on any atom is -0.454 e. The fraction of sp³-hybridized carbons (Fsp3) is 0.429. The van der Waals surface area contributed by atoms with E-state index in [9.17, 15) is 0 Å². The van der Waals surface area contributed by atoms with E-state index in [0.717, 1.165) is 34.1 Å². The Bertz CT molecular complexity index is 1430. The van der Waals surface area contributed by atoms with Gasteiger partial charge in [0.05, 0.1) is 17.5 Å². The van der Waals surface area contributed by atoms with E-state index < -0.39 is 0 Å². The molecule has 4 heteroatoms. The Labute approximate surface area is 192 Å². The van der Waals surface area contributed by atoms with E-state index in [4.69, 9.17) is 9.72 Å². The van der Waals surface area contributed by atoms with Crippen LogP contribution < -0.4 is 9.30 Å². The van der Waals surface area contributed by atoms with Crippen molar-refractivity contribution < 1.29 is 9.30 Å². The zero-order chi connectivity index (χ0) is 21.2. The van der Waals surface area contributed by atoms with Gasteiger partial charge in [0.2, 0.25) is 4.83 Å². The topological polar surface area (TPSA) is 26.0 Å². The first kappa shape index (κ1) is 18.0. The minimum absolute atomic E-state index is 0.314. The molecule has 4 saturated carbocycles. The van der Waals surface area contributed by atoms with Gasteiger partial charge in [-0.05, 0) is 90.6 Å². The molecular formula is C28H27N2OS+. The summed E-state index contributed by atoms with van der Waals surface area (Å²) in [7, 11) is 2.14. The smallest absolute Gasteiger partial charge is 0.288 e. The molecule has 5 aliphatic rings. The lowest BCUT2D eigenvalue weighted by molar-refractivity contribution is -0.662. The van der Waals surface area contributed by atoms with Crippen molar-refractivity contribution in [3.63, 3.8) is 0 Å². The van der Waals surface area contributed by atoms with Crippen LogP contribution in [-0.4, -0.2) is 4.98 Å². The van der Waals surface area contributed by atoms with Crippen LogP contribution in [0, 0.1) is 24.7 Å². The zero-order valence-electron chi connectivity index (χ0n) is 18.6. The van der Waals surface area contributed by atoms with Crippen molar-refractivity contribution in [3.8, 4) is 22.8 Å². The van der Waals surface area contributed by atoms with Crippen LogP contribution in [0.3, 0.4) is 0 Å². The van der Waals surface area contributed by atoms with Gasteiger partial charge < -0.3 is 4.74 Å². The predicted octanol–water partition coefficient (Wildman–Crippen LogP) is 6.82. The van der Waals surface area contributed by atoms with Gasteiger partial charge in [0.1, 0.15) is 11.1 Å². The van der Waals surface area contributed by atoms with E-state index in [1.54, 1.807) is 0 Å². The van der Waals surface area contributed by atoms with Crippen LogP contribution in [0.2, 0.25) is 0 Å². The number of rotatable bonds is 1. The molecule has 0 N–H and O–H groups in total. The second kappa shape index (κ2) is 5.91. The molecule has 3 heterocycles. The fourth-order valence-electron chi connectivity index (χ4n) is 8.20. The molecule has 0 atom stereocenters. The highest BCUT2D eigenvalue weighted by Crippen LogP contribution is 2.65. The van der Waals surface area contributed by atoms with Gasteiger partial charge in [-0.25, -0.2) is 4.57 Å². The molecule has 4 aliphatic carbocycles. The molecule has 0 saturated heterocycles. The Morgan fingerprint density at radius 1 is 1.06 bits per heavy atom. The van der Waals surface area contributed by atoms with Crippen molar-refractivity contribution in [1.29, 1.82) is 0 Å². The van der Waals surface area contributed by atoms with Crippen molar-refractivity contribution in [2.24, 2.45) is 24.8 Å². The fourth-order valence-corrected chi connectivity index (χ4v) is 9.48. The summed E-state index contributed by atoms with van der Waals surface area (Å²) in [5.41, 5.74) is 4.13. The molecule has 2 aromatic heterocycles. The maximum absolute atomic E-state index is 6.91. The first-order valence-corrected chi connectivity index (χ1v) is 12.9. The monoisotopic (exact) mass is 439 g/mol. The molecule has 4 aromatic rings. The van der Waals surface area contributed by atoms with Crippen LogP contribution in [0.15, 0.2) is 36.7 Å². The molecule has 0 amide bonds. The van der Waals surface area contributed by atoms with Gasteiger partial charge in [-0.15, -0.1) is 0 Å². The van der Waals surface area contributed by atoms with Crippen molar-refractivity contribution in [1.82, 2.24) is 4.98 Å². The summed E-state index contributed by atoms with van der Waals surface area (Å²) < 4.78 is 9.12. The van der Waals surface area contributed by atoms with Gasteiger partial charge in [-0.1, -0.05) is 35.6 Å². The number of aromatic nitrogens is 2. The molecule has 1 aliphatic heterocycles. The number of hydrogen-bond acceptors (Lipinski definition) is 3. The van der Waals surface area contributed by atoms with Crippen molar-refractivity contribution in [2.75, 3.05) is 0 Å². The summed E-state index contributed by atoms with van der Waals surface area (Å²) in [5, 5.41) is 3.81. The molecule has 9 rings (SSSR count). The summed E-state index contributed by atoms with van der Waals surface area (Å²) in [6.07, 6.45) is 10.5. The summed E-state index contributed by atoms with van der Waals surface area (Å²) >= 11 is 1.93. The summed E-state index contributed by atoms with van der Waals surface area (Å²) in [6.45, 7) is 2.24. The van der Waals surface area contributed by atoms with E-state index in [1.807, 2.05) is 17.7 Å². The maximum atomic E-state index is 6.91. The molecule has 0 unspecified atom stereocenters. The number of nitrogens with zero attached hydrogens (tertiary/aromatic N) is 2. The maximum Gasteiger partial charge on any atom is 0.288 e. The normalized spacial score (nSPS) is 29.5. The van der Waals surface area contributed by atoms with Gasteiger partial charge in [0.25, 0.3) is 6.33 Å². The quantitative estimate of drug-likeness (QED) is 0.268. The molecule has 0 radical (unpaired) electrons. The minimum atomic E-state index is 0.314. The van der Waals surface area contributed by atoms with Gasteiger partial charge in [-0.3, -0.25) is 0 Å². The third kappa shape index (κ3) is 2.17. The second-order valence-electron chi connectivity index (χ2n) is 11.0. The number of fused-ring (bicyclic) bond motifs is 3. The molecule has 160 valence electrons. The van der Waals surface area contributed by atoms with E-state index in [0.29, 0.717) is 5.41 Å². The Kier molecular flexibility index (Phi) is 3.33. The summed E-state index contributed by atoms with van der Waals surface area (Å²) in [4.78, 5) is 7.55. The van der Waals surface area contributed by atoms with Crippen molar-refractivity contribution >= 4 is 32.3 Å². The standard InChI is InChI=1S/C28H27N2OS/c1-15-20-6-4-3-5-19(20)10-21-22(15)24-23-25(31-21)26(32-27(23)29-14-30(24)2)28-11-16-7-17(12-28)9-18(8-16)13-28/h3-6,10,14,16-18H,7-9,11-13H2,1-2H3/q+1. The number of thiophene rings is 1. The number of benzene rings is 2. The van der Waals surface area contributed by atoms with Gasteiger partial charge in [0.15, 0.2) is 11.4 Å². The lowest BCUT2D eigenvalue weighted by Gasteiger charge is -2.56. The lowest BCUT2D eigenvalue weighted by atomic mass is 9.49. The molecule has 2 aromatic carbocycles. The van der Waals surface area contributed by atoms with Gasteiger partial charge in [0, 0.05) is 5.41 Å². The highest BCUT2D eigenvalue weighted by molar-refractivity contribution is 7.19. The first-order valence-electron chi connectivity index (χ1n) is 12.1. The highest BCUT2D eigenvalue weighted by atomic mass is 32.1. The number of hydrogen-bond donors (Lipinski definition) is 0. The Hall–Kier alpha value is -2.46. The van der Waals surface area contributed by atoms with Crippen LogP contribution in [0.1, 0.15) is 49.0 Å². The first-order chi connectivity index (χ1) is 15.6. The average Bonchev–Trinajstić information content (AvgIpc) is 3.15. The molecule has 0 spiro atoms. The van der Waals surface area contributed by atoms with Gasteiger partial charge in [-0.2, -0.15) is 0 Å². The molecule has 4 fully saturated rings. The Morgan fingerprint density at radius 3 is 2.53 bits per heavy atom. The third-order valence-electron chi connectivity index (χ3n) is 9.03. The van der Waals surface area contributed by atoms with Gasteiger partial charge >= 0.3 is 0 Å². The highest BCUT2D eigenvalue weighted by Gasteiger charge is 2.54. The second-order valence-corrected chi connectivity index (χ2v) is 12.0. The van der Waals surface area contributed by atoms with Crippen LogP contribution in [0.25, 0.3) is 32.2 Å². The zero-order valence-corrected chi connectivity index (χ0v) is 19.5. The predicted molar refractivity (Wildman–Crippen MR) is 128 cm³/mol. The number of ether oxygens (including phenoxy) is 1. The Morgan fingerprint density at radius 2 is 1.78 bits per heavy atom. The average molecular weight is 440 g/mol. The molecule has 32 heavy (non-hydrogen) atoms. The summed E-state index contributed by atoms with van der Waals surface area (Å²) in [5.74, 6) is 4.91. The lowest BCUT2D eigenvalue weighted by Crippen LogP contribution is -2.48. The molecule has 3 nitrogen and oxygen atoms in total. The SMILES string of the molecule is Cc1c2c(cc3ccccc13)Oc1c(C34CC5CC(CC(C5)C3)C4)sc3nc[n+](C)c-2c13. The van der Waals surface area contributed by atoms with E-state index in [1.165, 1.54) is 76.4 Å². The molecular weight excluding hydrogens is 412 g/mol. The van der Waals surface area contributed by atoms with E-state index in [2.05, 4.69) is 48.9 Å². The van der Waals surface area contributed by atoms with Crippen molar-refractivity contribution in [3.05, 3.63) is 47.1 Å². The summed E-state index contributed by atoms with van der Waals surface area (Å²) in [6, 6.07) is 11.0. The van der Waals surface area contributed by atoms with Crippen LogP contribution in [0.5, 0.6) is 11.5 Å².